The lowest BCUT2D eigenvalue weighted by Crippen LogP contribution is -2.34. The minimum Gasteiger partial charge on any atom is -0.477 e. The van der Waals surface area contributed by atoms with E-state index in [0.29, 0.717) is 11.9 Å². The van der Waals surface area contributed by atoms with Crippen LogP contribution in [0.15, 0.2) is 18.6 Å². The van der Waals surface area contributed by atoms with E-state index in [1.165, 1.54) is 32.2 Å². The third kappa shape index (κ3) is 5.33. The monoisotopic (exact) mass is 257 g/mol. The summed E-state index contributed by atoms with van der Waals surface area (Å²) in [5, 5.41) is 3.53. The Morgan fingerprint density at radius 2 is 2.29 bits per heavy atom. The molecule has 5 heteroatoms. The molecule has 1 saturated heterocycles. The number of nitrogens with zero attached hydrogens (tertiary/aromatic N) is 2. The largest absolute Gasteiger partial charge is 0.477 e. The van der Waals surface area contributed by atoms with Crippen LogP contribution in [0.4, 0.5) is 0 Å². The topological polar surface area (TPSA) is 47.0 Å². The molecule has 96 valence electrons. The van der Waals surface area contributed by atoms with E-state index >= 15 is 0 Å². The molecular formula is C12H20ClN3O. The van der Waals surface area contributed by atoms with Crippen LogP contribution in [0.1, 0.15) is 32.1 Å². The first-order chi connectivity index (χ1) is 7.95. The number of ether oxygens (including phenoxy) is 1. The van der Waals surface area contributed by atoms with Gasteiger partial charge in [0.15, 0.2) is 0 Å². The zero-order valence-electron chi connectivity index (χ0n) is 9.97. The van der Waals surface area contributed by atoms with Crippen LogP contribution in [0.2, 0.25) is 0 Å². The van der Waals surface area contributed by atoms with Gasteiger partial charge < -0.3 is 10.1 Å². The van der Waals surface area contributed by atoms with E-state index in [9.17, 15) is 0 Å². The molecule has 0 bridgehead atoms. The van der Waals surface area contributed by atoms with Crippen molar-refractivity contribution in [3.05, 3.63) is 18.6 Å². The molecule has 0 amide bonds. The van der Waals surface area contributed by atoms with Crippen molar-refractivity contribution in [1.29, 1.82) is 0 Å². The molecule has 0 aliphatic carbocycles. The van der Waals surface area contributed by atoms with Gasteiger partial charge in [0, 0.05) is 18.4 Å². The van der Waals surface area contributed by atoms with Crippen LogP contribution >= 0.6 is 12.4 Å². The van der Waals surface area contributed by atoms with Crippen LogP contribution in [-0.4, -0.2) is 29.2 Å². The fourth-order valence-electron chi connectivity index (χ4n) is 2.04. The van der Waals surface area contributed by atoms with Crippen LogP contribution in [0.3, 0.4) is 0 Å². The molecule has 2 rings (SSSR count). The second kappa shape index (κ2) is 8.25. The summed E-state index contributed by atoms with van der Waals surface area (Å²) in [5.41, 5.74) is 0. The van der Waals surface area contributed by atoms with Crippen molar-refractivity contribution in [2.75, 3.05) is 13.2 Å². The molecule has 0 saturated carbocycles. The molecule has 1 atom stereocenters. The van der Waals surface area contributed by atoms with E-state index in [4.69, 9.17) is 4.74 Å². The van der Waals surface area contributed by atoms with E-state index in [0.717, 1.165) is 13.0 Å². The molecule has 0 spiro atoms. The maximum Gasteiger partial charge on any atom is 0.232 e. The standard InChI is InChI=1S/C12H19N3O.ClH/c1-2-6-14-11(4-1)5-3-9-16-12-10-13-7-8-15-12;/h7-8,10-11,14H,1-6,9H2;1H. The predicted octanol–water partition coefficient (Wildman–Crippen LogP) is 2.20. The van der Waals surface area contributed by atoms with Gasteiger partial charge in [0.2, 0.25) is 5.88 Å². The highest BCUT2D eigenvalue weighted by molar-refractivity contribution is 5.85. The number of hydrogen-bond donors (Lipinski definition) is 1. The number of rotatable bonds is 5. The molecule has 0 radical (unpaired) electrons. The highest BCUT2D eigenvalue weighted by atomic mass is 35.5. The van der Waals surface area contributed by atoms with E-state index in [1.807, 2.05) is 0 Å². The highest BCUT2D eigenvalue weighted by Gasteiger charge is 2.11. The Labute approximate surface area is 109 Å². The van der Waals surface area contributed by atoms with E-state index in [-0.39, 0.29) is 12.4 Å². The summed E-state index contributed by atoms with van der Waals surface area (Å²) in [4.78, 5) is 8.02. The second-order valence-electron chi connectivity index (χ2n) is 4.18. The number of piperidine rings is 1. The molecule has 4 nitrogen and oxygen atoms in total. The summed E-state index contributed by atoms with van der Waals surface area (Å²) < 4.78 is 5.50. The first-order valence-corrected chi connectivity index (χ1v) is 6.07. The van der Waals surface area contributed by atoms with Crippen LogP contribution in [0.5, 0.6) is 5.88 Å². The maximum atomic E-state index is 5.50. The SMILES string of the molecule is Cl.c1cnc(OCCCC2CCCCN2)cn1. The molecule has 1 fully saturated rings. The van der Waals surface area contributed by atoms with Crippen LogP contribution in [0.25, 0.3) is 0 Å². The van der Waals surface area contributed by atoms with Gasteiger partial charge in [-0.1, -0.05) is 6.42 Å². The smallest absolute Gasteiger partial charge is 0.232 e. The molecule has 2 heterocycles. The van der Waals surface area contributed by atoms with Crippen LogP contribution < -0.4 is 10.1 Å². The minimum absolute atomic E-state index is 0. The third-order valence-electron chi connectivity index (χ3n) is 2.90. The summed E-state index contributed by atoms with van der Waals surface area (Å²) in [7, 11) is 0. The average molecular weight is 258 g/mol. The normalized spacial score (nSPS) is 19.4. The van der Waals surface area contributed by atoms with Crippen molar-refractivity contribution in [3.63, 3.8) is 0 Å². The summed E-state index contributed by atoms with van der Waals surface area (Å²) in [6, 6.07) is 0.694. The van der Waals surface area contributed by atoms with Crippen LogP contribution in [0, 0.1) is 0 Å². The average Bonchev–Trinajstić information content (AvgIpc) is 2.37. The summed E-state index contributed by atoms with van der Waals surface area (Å²) in [6.45, 7) is 1.91. The summed E-state index contributed by atoms with van der Waals surface area (Å²) in [5.74, 6) is 0.624. The van der Waals surface area contributed by atoms with Crippen molar-refractivity contribution in [1.82, 2.24) is 15.3 Å². The lowest BCUT2D eigenvalue weighted by atomic mass is 10.0. The quantitative estimate of drug-likeness (QED) is 0.822. The Morgan fingerprint density at radius 3 is 3.00 bits per heavy atom. The lowest BCUT2D eigenvalue weighted by molar-refractivity contribution is 0.275. The Morgan fingerprint density at radius 1 is 1.35 bits per heavy atom. The predicted molar refractivity (Wildman–Crippen MR) is 69.7 cm³/mol. The van der Waals surface area contributed by atoms with Crippen molar-refractivity contribution in [2.45, 2.75) is 38.1 Å². The second-order valence-corrected chi connectivity index (χ2v) is 4.18. The van der Waals surface area contributed by atoms with Gasteiger partial charge in [-0.15, -0.1) is 12.4 Å². The van der Waals surface area contributed by atoms with Gasteiger partial charge in [0.1, 0.15) is 0 Å². The molecule has 1 aliphatic heterocycles. The van der Waals surface area contributed by atoms with Gasteiger partial charge in [-0.3, -0.25) is 4.98 Å². The van der Waals surface area contributed by atoms with E-state index < -0.39 is 0 Å². The molecule has 1 aromatic heterocycles. The van der Waals surface area contributed by atoms with Crippen molar-refractivity contribution in [2.24, 2.45) is 0 Å². The number of nitrogens with one attached hydrogen (secondary N) is 1. The van der Waals surface area contributed by atoms with Gasteiger partial charge >= 0.3 is 0 Å². The maximum absolute atomic E-state index is 5.50. The third-order valence-corrected chi connectivity index (χ3v) is 2.90. The van der Waals surface area contributed by atoms with Crippen LogP contribution in [-0.2, 0) is 0 Å². The Balaban J connectivity index is 0.00000144. The fourth-order valence-corrected chi connectivity index (χ4v) is 2.04. The lowest BCUT2D eigenvalue weighted by Gasteiger charge is -2.23. The zero-order chi connectivity index (χ0) is 11.1. The Kier molecular flexibility index (Phi) is 6.89. The van der Waals surface area contributed by atoms with Crippen molar-refractivity contribution < 1.29 is 4.74 Å². The Bertz CT molecular complexity index is 291. The van der Waals surface area contributed by atoms with Crippen molar-refractivity contribution >= 4 is 12.4 Å². The minimum atomic E-state index is 0. The van der Waals surface area contributed by atoms with Gasteiger partial charge in [0.25, 0.3) is 0 Å². The van der Waals surface area contributed by atoms with Crippen molar-refractivity contribution in [3.8, 4) is 5.88 Å². The molecule has 1 N–H and O–H groups in total. The molecule has 0 aromatic carbocycles. The van der Waals surface area contributed by atoms with E-state index in [1.54, 1.807) is 18.6 Å². The molecule has 17 heavy (non-hydrogen) atoms. The fraction of sp³-hybridized carbons (Fsp3) is 0.667. The van der Waals surface area contributed by atoms with Gasteiger partial charge in [-0.2, -0.15) is 0 Å². The molecule has 1 aromatic rings. The van der Waals surface area contributed by atoms with Gasteiger partial charge in [0.05, 0.1) is 12.8 Å². The zero-order valence-corrected chi connectivity index (χ0v) is 10.8. The summed E-state index contributed by atoms with van der Waals surface area (Å²) >= 11 is 0. The number of aromatic nitrogens is 2. The van der Waals surface area contributed by atoms with E-state index in [2.05, 4.69) is 15.3 Å². The number of halogens is 1. The molecule has 1 aliphatic rings. The first kappa shape index (κ1) is 14.2. The Hall–Kier alpha value is -0.870. The van der Waals surface area contributed by atoms with Gasteiger partial charge in [-0.05, 0) is 32.2 Å². The first-order valence-electron chi connectivity index (χ1n) is 6.07. The number of hydrogen-bond acceptors (Lipinski definition) is 4. The summed E-state index contributed by atoms with van der Waals surface area (Å²) in [6.07, 6.45) is 11.2. The van der Waals surface area contributed by atoms with Gasteiger partial charge in [-0.25, -0.2) is 4.98 Å². The molecular weight excluding hydrogens is 238 g/mol. The molecule has 1 unspecified atom stereocenters. The highest BCUT2D eigenvalue weighted by Crippen LogP contribution is 2.12.